The summed E-state index contributed by atoms with van der Waals surface area (Å²) in [7, 11) is 1.28. The van der Waals surface area contributed by atoms with E-state index in [0.717, 1.165) is 16.7 Å². The number of anilines is 1. The number of carbonyl (C=O) groups excluding carboxylic acids is 2. The minimum Gasteiger partial charge on any atom is -0.508 e. The molecule has 0 fully saturated rings. The normalized spacial score (nSPS) is 17.6. The van der Waals surface area contributed by atoms with Crippen LogP contribution in [0.2, 0.25) is 0 Å². The lowest BCUT2D eigenvalue weighted by atomic mass is 9.92. The number of amides is 1. The minimum atomic E-state index is -5.14. The van der Waals surface area contributed by atoms with Crippen molar-refractivity contribution in [3.8, 4) is 28.4 Å². The zero-order valence-corrected chi connectivity index (χ0v) is 21.5. The molecule has 0 radical (unpaired) electrons. The zero-order valence-electron chi connectivity index (χ0n) is 21.5. The molecule has 0 unspecified atom stereocenters. The molecule has 0 spiro atoms. The first kappa shape index (κ1) is 26.4. The van der Waals surface area contributed by atoms with Crippen molar-refractivity contribution in [1.82, 2.24) is 0 Å². The van der Waals surface area contributed by atoms with Crippen molar-refractivity contribution in [2.45, 2.75) is 38.4 Å². The number of para-hydroxylation sites is 1. The van der Waals surface area contributed by atoms with Crippen LogP contribution < -0.4 is 14.4 Å². The van der Waals surface area contributed by atoms with Crippen LogP contribution in [-0.4, -0.2) is 43.5 Å². The van der Waals surface area contributed by atoms with Crippen LogP contribution in [0.25, 0.3) is 11.1 Å². The van der Waals surface area contributed by atoms with Crippen LogP contribution in [0, 0.1) is 13.8 Å². The molecule has 7 nitrogen and oxygen atoms in total. The lowest BCUT2D eigenvalue weighted by Gasteiger charge is -2.29. The van der Waals surface area contributed by atoms with Gasteiger partial charge in [0.2, 0.25) is 0 Å². The summed E-state index contributed by atoms with van der Waals surface area (Å²) in [4.78, 5) is 25.3. The van der Waals surface area contributed by atoms with Crippen LogP contribution in [0.15, 0.2) is 48.5 Å². The van der Waals surface area contributed by atoms with Crippen LogP contribution in [0.3, 0.4) is 0 Å². The van der Waals surface area contributed by atoms with E-state index in [9.17, 15) is 27.9 Å². The Morgan fingerprint density at radius 2 is 1.74 bits per heavy atom. The van der Waals surface area contributed by atoms with Gasteiger partial charge in [0.05, 0.1) is 26.2 Å². The number of phenolic OH excluding ortho intramolecular Hbond substituents is 1. The summed E-state index contributed by atoms with van der Waals surface area (Å²) in [6, 6.07) is 11.7. The Balaban J connectivity index is 1.57. The second-order valence-corrected chi connectivity index (χ2v) is 9.69. The Morgan fingerprint density at radius 1 is 1.03 bits per heavy atom. The average molecular weight is 542 g/mol. The lowest BCUT2D eigenvalue weighted by Crippen LogP contribution is -2.44. The van der Waals surface area contributed by atoms with Crippen molar-refractivity contribution >= 4 is 17.6 Å². The summed E-state index contributed by atoms with van der Waals surface area (Å²) in [6.07, 6.45) is -5.07. The third-order valence-corrected chi connectivity index (χ3v) is 7.15. The molecular formula is C29H26F3NO6. The molecule has 10 heteroatoms. The molecule has 0 saturated heterocycles. The molecule has 204 valence electrons. The summed E-state index contributed by atoms with van der Waals surface area (Å²) in [5.74, 6) is -1.96. The van der Waals surface area contributed by atoms with Gasteiger partial charge in [0.1, 0.15) is 23.9 Å². The number of carbonyl (C=O) groups is 2. The number of phenols is 1. The van der Waals surface area contributed by atoms with Crippen LogP contribution in [0.1, 0.15) is 40.6 Å². The number of rotatable bonds is 5. The molecular weight excluding hydrogens is 515 g/mol. The van der Waals surface area contributed by atoms with Crippen LogP contribution >= 0.6 is 0 Å². The van der Waals surface area contributed by atoms with Gasteiger partial charge in [-0.05, 0) is 48.7 Å². The molecule has 3 aromatic carbocycles. The van der Waals surface area contributed by atoms with E-state index in [1.54, 1.807) is 36.4 Å². The summed E-state index contributed by atoms with van der Waals surface area (Å²) in [6.45, 7) is 3.63. The summed E-state index contributed by atoms with van der Waals surface area (Å²) in [5.41, 5.74) is 4.09. The number of methoxy groups -OCH3 is 1. The Kier molecular flexibility index (Phi) is 6.65. The van der Waals surface area contributed by atoms with Crippen LogP contribution in [0.5, 0.6) is 17.2 Å². The molecule has 2 aliphatic heterocycles. The highest BCUT2D eigenvalue weighted by Gasteiger charge is 2.48. The van der Waals surface area contributed by atoms with E-state index in [4.69, 9.17) is 14.2 Å². The molecule has 2 aliphatic rings. The average Bonchev–Trinajstić information content (AvgIpc) is 3.48. The van der Waals surface area contributed by atoms with Gasteiger partial charge in [-0.15, -0.1) is 0 Å². The maximum absolute atomic E-state index is 13.9. The van der Waals surface area contributed by atoms with Gasteiger partial charge in [-0.1, -0.05) is 24.3 Å². The number of halogens is 3. The van der Waals surface area contributed by atoms with Crippen molar-refractivity contribution in [2.75, 3.05) is 25.2 Å². The number of hydrogen-bond acceptors (Lipinski definition) is 6. The summed E-state index contributed by atoms with van der Waals surface area (Å²) < 4.78 is 58.0. The number of fused-ring (bicyclic) bond motifs is 2. The first-order valence-corrected chi connectivity index (χ1v) is 12.3. The Hall–Kier alpha value is -4.21. The second-order valence-electron chi connectivity index (χ2n) is 9.69. The number of alkyl halides is 3. The fourth-order valence-electron chi connectivity index (χ4n) is 5.45. The highest BCUT2D eigenvalue weighted by molar-refractivity contribution is 5.99. The Morgan fingerprint density at radius 3 is 2.41 bits per heavy atom. The fraction of sp³-hybridized carbons (Fsp3) is 0.310. The van der Waals surface area contributed by atoms with Crippen molar-refractivity contribution < 1.29 is 42.1 Å². The van der Waals surface area contributed by atoms with Crippen molar-refractivity contribution in [2.24, 2.45) is 0 Å². The minimum absolute atomic E-state index is 0.00126. The lowest BCUT2D eigenvalue weighted by molar-refractivity contribution is -0.171. The first-order chi connectivity index (χ1) is 18.5. The van der Waals surface area contributed by atoms with Gasteiger partial charge in [-0.2, -0.15) is 13.2 Å². The highest BCUT2D eigenvalue weighted by atomic mass is 19.4. The third kappa shape index (κ3) is 4.75. The molecule has 1 N–H and O–H groups in total. The predicted molar refractivity (Wildman–Crippen MR) is 136 cm³/mol. The zero-order chi connectivity index (χ0) is 28.1. The van der Waals surface area contributed by atoms with Crippen molar-refractivity contribution in [3.63, 3.8) is 0 Å². The molecule has 5 rings (SSSR count). The number of hydrogen-bond donors (Lipinski definition) is 1. The quantitative estimate of drug-likeness (QED) is 0.415. The number of ether oxygens (including phenoxy) is 3. The van der Waals surface area contributed by atoms with Crippen molar-refractivity contribution in [1.29, 1.82) is 0 Å². The number of esters is 1. The van der Waals surface area contributed by atoms with E-state index in [1.165, 1.54) is 19.2 Å². The maximum Gasteiger partial charge on any atom is 0.471 e. The summed E-state index contributed by atoms with van der Waals surface area (Å²) >= 11 is 0. The van der Waals surface area contributed by atoms with Gasteiger partial charge >= 0.3 is 18.1 Å². The van der Waals surface area contributed by atoms with Crippen LogP contribution in [0.4, 0.5) is 18.9 Å². The van der Waals surface area contributed by atoms with Gasteiger partial charge in [0, 0.05) is 34.4 Å². The molecule has 1 amide bonds. The molecule has 39 heavy (non-hydrogen) atoms. The summed E-state index contributed by atoms with van der Waals surface area (Å²) in [5, 5.41) is 9.96. The SMILES string of the molecule is COC(=O)C[C@@H]1COc2cc(N(C(=O)C(F)(F)F)[C@@H]3COc4c(-c5c(C)cc(O)cc5C)cccc43)ccc21. The van der Waals surface area contributed by atoms with Gasteiger partial charge in [-0.3, -0.25) is 14.5 Å². The van der Waals surface area contributed by atoms with Gasteiger partial charge in [0.15, 0.2) is 0 Å². The highest BCUT2D eigenvalue weighted by Crippen LogP contribution is 2.48. The topological polar surface area (TPSA) is 85.3 Å². The monoisotopic (exact) mass is 541 g/mol. The fourth-order valence-corrected chi connectivity index (χ4v) is 5.45. The van der Waals surface area contributed by atoms with Gasteiger partial charge in [-0.25, -0.2) is 0 Å². The second kappa shape index (κ2) is 9.83. The number of nitrogens with zero attached hydrogens (tertiary/aromatic N) is 1. The molecule has 3 aromatic rings. The Labute approximate surface area is 222 Å². The molecule has 2 heterocycles. The molecule has 2 atom stereocenters. The van der Waals surface area contributed by atoms with E-state index in [0.29, 0.717) is 33.1 Å². The Bertz CT molecular complexity index is 1440. The molecule has 0 bridgehead atoms. The van der Waals surface area contributed by atoms with E-state index in [2.05, 4.69) is 0 Å². The van der Waals surface area contributed by atoms with Gasteiger partial charge in [0.25, 0.3) is 0 Å². The molecule has 0 aliphatic carbocycles. The predicted octanol–water partition coefficient (Wildman–Crippen LogP) is 5.74. The molecule has 0 aromatic heterocycles. The number of aromatic hydroxyl groups is 1. The van der Waals surface area contributed by atoms with E-state index in [1.807, 2.05) is 13.8 Å². The maximum atomic E-state index is 13.9. The smallest absolute Gasteiger partial charge is 0.471 e. The largest absolute Gasteiger partial charge is 0.508 e. The third-order valence-electron chi connectivity index (χ3n) is 7.15. The van der Waals surface area contributed by atoms with Crippen molar-refractivity contribution in [3.05, 3.63) is 70.8 Å². The van der Waals surface area contributed by atoms with E-state index in [-0.39, 0.29) is 37.0 Å². The van der Waals surface area contributed by atoms with E-state index < -0.39 is 24.1 Å². The first-order valence-electron chi connectivity index (χ1n) is 12.3. The van der Waals surface area contributed by atoms with E-state index >= 15 is 0 Å². The molecule has 0 saturated carbocycles. The number of aryl methyl sites for hydroxylation is 2. The van der Waals surface area contributed by atoms with Gasteiger partial charge < -0.3 is 19.3 Å². The number of benzene rings is 3. The standard InChI is InChI=1S/C29H26F3NO6/c1-15-9-19(34)10-16(2)26(15)22-6-4-5-21-23(14-39-27(21)22)33(28(36)29(30,31)32)18-7-8-20-17(11-25(35)37-3)13-38-24(20)12-18/h4-10,12,17,23,34H,11,13-14H2,1-3H3/t17-,23-/m1/s1. The van der Waals surface area contributed by atoms with Crippen LogP contribution in [-0.2, 0) is 14.3 Å².